The lowest BCUT2D eigenvalue weighted by atomic mass is 10.1. The van der Waals surface area contributed by atoms with Gasteiger partial charge in [0.15, 0.2) is 0 Å². The summed E-state index contributed by atoms with van der Waals surface area (Å²) in [5.41, 5.74) is 0.825. The van der Waals surface area contributed by atoms with Crippen LogP contribution in [-0.2, 0) is 23.8 Å². The van der Waals surface area contributed by atoms with Crippen LogP contribution in [0, 0.1) is 17.8 Å². The van der Waals surface area contributed by atoms with Crippen LogP contribution in [0.15, 0.2) is 24.3 Å². The summed E-state index contributed by atoms with van der Waals surface area (Å²) in [7, 11) is 0. The lowest BCUT2D eigenvalue weighted by Gasteiger charge is -2.09. The van der Waals surface area contributed by atoms with Gasteiger partial charge in [0.05, 0.1) is 13.2 Å². The summed E-state index contributed by atoms with van der Waals surface area (Å²) >= 11 is 0. The van der Waals surface area contributed by atoms with E-state index in [2.05, 4.69) is 13.2 Å². The van der Waals surface area contributed by atoms with Gasteiger partial charge in [-0.1, -0.05) is 13.2 Å². The number of hydrogen-bond acceptors (Lipinski definition) is 5. The first kappa shape index (κ1) is 13.8. The molecule has 2 aliphatic rings. The van der Waals surface area contributed by atoms with E-state index in [9.17, 15) is 9.59 Å². The Morgan fingerprint density at radius 1 is 1.11 bits per heavy atom. The Bertz CT molecular complexity index is 416. The quantitative estimate of drug-likeness (QED) is 0.409. The predicted octanol–water partition coefficient (Wildman–Crippen LogP) is 1.10. The number of fused-ring (bicyclic) bond motifs is 1. The molecule has 2 unspecified atom stereocenters. The van der Waals surface area contributed by atoms with Crippen molar-refractivity contribution in [1.29, 1.82) is 0 Å². The standard InChI is InChI=1S/C14H18O5/c1-8(2)13(15)18-4-5-19-14(16)9(3)12-10-6-17-7-11(10)12/h10-12H,1,3-7H2,2H3. The normalized spacial score (nSPS) is 27.3. The number of esters is 2. The van der Waals surface area contributed by atoms with Gasteiger partial charge in [-0.2, -0.15) is 0 Å². The average Bonchev–Trinajstić information content (AvgIpc) is 2.85. The molecule has 0 N–H and O–H groups in total. The van der Waals surface area contributed by atoms with Gasteiger partial charge in [0.1, 0.15) is 13.2 Å². The van der Waals surface area contributed by atoms with Crippen molar-refractivity contribution in [2.24, 2.45) is 17.8 Å². The first-order valence-corrected chi connectivity index (χ1v) is 6.28. The molecule has 5 nitrogen and oxygen atoms in total. The molecular formula is C14H18O5. The van der Waals surface area contributed by atoms with Crippen LogP contribution in [-0.4, -0.2) is 38.4 Å². The van der Waals surface area contributed by atoms with E-state index >= 15 is 0 Å². The van der Waals surface area contributed by atoms with Crippen molar-refractivity contribution >= 4 is 11.9 Å². The van der Waals surface area contributed by atoms with E-state index in [1.54, 1.807) is 6.92 Å². The zero-order chi connectivity index (χ0) is 14.0. The molecule has 19 heavy (non-hydrogen) atoms. The molecule has 5 heteroatoms. The van der Waals surface area contributed by atoms with Crippen LogP contribution < -0.4 is 0 Å². The highest BCUT2D eigenvalue weighted by Crippen LogP contribution is 2.54. The second-order valence-electron chi connectivity index (χ2n) is 4.97. The zero-order valence-electron chi connectivity index (χ0n) is 11.0. The van der Waals surface area contributed by atoms with E-state index in [-0.39, 0.29) is 19.1 Å². The molecule has 0 aromatic rings. The highest BCUT2D eigenvalue weighted by atomic mass is 16.6. The van der Waals surface area contributed by atoms with Gasteiger partial charge >= 0.3 is 11.9 Å². The molecular weight excluding hydrogens is 248 g/mol. The fraction of sp³-hybridized carbons (Fsp3) is 0.571. The number of ether oxygens (including phenoxy) is 3. The topological polar surface area (TPSA) is 61.8 Å². The van der Waals surface area contributed by atoms with Gasteiger partial charge < -0.3 is 14.2 Å². The molecule has 0 aromatic heterocycles. The molecule has 2 fully saturated rings. The fourth-order valence-electron chi connectivity index (χ4n) is 2.38. The third kappa shape index (κ3) is 3.04. The molecule has 1 aliphatic heterocycles. The summed E-state index contributed by atoms with van der Waals surface area (Å²) < 4.78 is 15.1. The van der Waals surface area contributed by atoms with Crippen molar-refractivity contribution in [1.82, 2.24) is 0 Å². The van der Waals surface area contributed by atoms with Crippen LogP contribution in [0.2, 0.25) is 0 Å². The smallest absolute Gasteiger partial charge is 0.333 e. The first-order chi connectivity index (χ1) is 9.02. The summed E-state index contributed by atoms with van der Waals surface area (Å²) in [6.45, 7) is 10.3. The van der Waals surface area contributed by atoms with Crippen LogP contribution in [0.5, 0.6) is 0 Å². The Morgan fingerprint density at radius 2 is 1.63 bits per heavy atom. The molecule has 104 valence electrons. The number of carbonyl (C=O) groups is 2. The van der Waals surface area contributed by atoms with Crippen molar-refractivity contribution in [3.05, 3.63) is 24.3 Å². The molecule has 0 amide bonds. The summed E-state index contributed by atoms with van der Waals surface area (Å²) in [5, 5.41) is 0. The molecule has 1 aliphatic carbocycles. The Morgan fingerprint density at radius 3 is 2.16 bits per heavy atom. The van der Waals surface area contributed by atoms with Crippen LogP contribution in [0.1, 0.15) is 6.92 Å². The molecule has 1 heterocycles. The third-order valence-corrected chi connectivity index (χ3v) is 3.51. The molecule has 1 saturated carbocycles. The molecule has 1 saturated heterocycles. The van der Waals surface area contributed by atoms with Gasteiger partial charge in [0, 0.05) is 17.1 Å². The van der Waals surface area contributed by atoms with Crippen LogP contribution in [0.25, 0.3) is 0 Å². The Hall–Kier alpha value is -1.62. The Balaban J connectivity index is 1.64. The lowest BCUT2D eigenvalue weighted by Crippen LogP contribution is -2.17. The Labute approximate surface area is 112 Å². The lowest BCUT2D eigenvalue weighted by molar-refractivity contribution is -0.147. The molecule has 0 spiro atoms. The largest absolute Gasteiger partial charge is 0.459 e. The van der Waals surface area contributed by atoms with Crippen molar-refractivity contribution in [2.45, 2.75) is 6.92 Å². The fourth-order valence-corrected chi connectivity index (χ4v) is 2.38. The summed E-state index contributed by atoms with van der Waals surface area (Å²) in [5.74, 6) is 0.177. The maximum Gasteiger partial charge on any atom is 0.333 e. The highest BCUT2D eigenvalue weighted by Gasteiger charge is 2.56. The van der Waals surface area contributed by atoms with Crippen LogP contribution >= 0.6 is 0 Å². The zero-order valence-corrected chi connectivity index (χ0v) is 11.0. The van der Waals surface area contributed by atoms with Gasteiger partial charge in [-0.15, -0.1) is 0 Å². The van der Waals surface area contributed by atoms with Crippen molar-refractivity contribution in [3.63, 3.8) is 0 Å². The van der Waals surface area contributed by atoms with Gasteiger partial charge in [-0.25, -0.2) is 9.59 Å². The molecule has 2 atom stereocenters. The highest BCUT2D eigenvalue weighted by molar-refractivity contribution is 5.89. The molecule has 0 aromatic carbocycles. The second kappa shape index (κ2) is 5.57. The molecule has 2 rings (SSSR count). The van der Waals surface area contributed by atoms with Gasteiger partial charge in [0.25, 0.3) is 0 Å². The minimum Gasteiger partial charge on any atom is -0.459 e. The van der Waals surface area contributed by atoms with Gasteiger partial charge in [-0.05, 0) is 18.8 Å². The van der Waals surface area contributed by atoms with Crippen LogP contribution in [0.3, 0.4) is 0 Å². The van der Waals surface area contributed by atoms with E-state index in [4.69, 9.17) is 14.2 Å². The van der Waals surface area contributed by atoms with Gasteiger partial charge in [-0.3, -0.25) is 0 Å². The SMILES string of the molecule is C=C(C)C(=O)OCCOC(=O)C(=C)C1C2COCC21. The summed E-state index contributed by atoms with van der Waals surface area (Å²) in [6.07, 6.45) is 0. The number of rotatable bonds is 6. The Kier molecular flexibility index (Phi) is 4.04. The number of hydrogen-bond donors (Lipinski definition) is 0. The van der Waals surface area contributed by atoms with E-state index in [0.29, 0.717) is 36.2 Å². The minimum absolute atomic E-state index is 0.0331. The van der Waals surface area contributed by atoms with E-state index in [1.807, 2.05) is 0 Å². The van der Waals surface area contributed by atoms with E-state index < -0.39 is 11.9 Å². The predicted molar refractivity (Wildman–Crippen MR) is 67.2 cm³/mol. The number of carbonyl (C=O) groups excluding carboxylic acids is 2. The average molecular weight is 266 g/mol. The van der Waals surface area contributed by atoms with Crippen molar-refractivity contribution in [2.75, 3.05) is 26.4 Å². The van der Waals surface area contributed by atoms with Crippen LogP contribution in [0.4, 0.5) is 0 Å². The maximum absolute atomic E-state index is 11.7. The van der Waals surface area contributed by atoms with Gasteiger partial charge in [0.2, 0.25) is 0 Å². The van der Waals surface area contributed by atoms with Crippen molar-refractivity contribution < 1.29 is 23.8 Å². The summed E-state index contributed by atoms with van der Waals surface area (Å²) in [4.78, 5) is 22.8. The first-order valence-electron chi connectivity index (χ1n) is 6.28. The van der Waals surface area contributed by atoms with E-state index in [0.717, 1.165) is 0 Å². The molecule has 0 radical (unpaired) electrons. The van der Waals surface area contributed by atoms with E-state index in [1.165, 1.54) is 0 Å². The van der Waals surface area contributed by atoms with Crippen molar-refractivity contribution in [3.8, 4) is 0 Å². The minimum atomic E-state index is -0.483. The third-order valence-electron chi connectivity index (χ3n) is 3.51. The second-order valence-corrected chi connectivity index (χ2v) is 4.97. The molecule has 0 bridgehead atoms. The monoisotopic (exact) mass is 266 g/mol. The maximum atomic E-state index is 11.7. The summed E-state index contributed by atoms with van der Waals surface area (Å²) in [6, 6.07) is 0.